The average molecular weight is 307 g/mol. The second-order valence-electron chi connectivity index (χ2n) is 5.75. The SMILES string of the molecule is CC(=O)C1(C(=O)c2ccccc2)CC(c2ccc(C)cc2)=NO1. The van der Waals surface area contributed by atoms with Crippen LogP contribution in [0.1, 0.15) is 34.8 Å². The molecule has 23 heavy (non-hydrogen) atoms. The molecule has 1 heterocycles. The van der Waals surface area contributed by atoms with Gasteiger partial charge in [0.15, 0.2) is 5.78 Å². The summed E-state index contributed by atoms with van der Waals surface area (Å²) < 4.78 is 0. The van der Waals surface area contributed by atoms with Crippen molar-refractivity contribution in [2.24, 2.45) is 5.16 Å². The van der Waals surface area contributed by atoms with Gasteiger partial charge in [0.25, 0.3) is 5.60 Å². The van der Waals surface area contributed by atoms with E-state index in [-0.39, 0.29) is 18.0 Å². The summed E-state index contributed by atoms with van der Waals surface area (Å²) in [4.78, 5) is 30.4. The number of aryl methyl sites for hydroxylation is 1. The van der Waals surface area contributed by atoms with Gasteiger partial charge < -0.3 is 4.84 Å². The van der Waals surface area contributed by atoms with E-state index in [0.717, 1.165) is 11.1 Å². The van der Waals surface area contributed by atoms with E-state index in [4.69, 9.17) is 4.84 Å². The van der Waals surface area contributed by atoms with Gasteiger partial charge in [0, 0.05) is 5.56 Å². The number of Topliss-reactive ketones (excluding diaryl/α,β-unsaturated/α-hetero) is 2. The number of hydrogen-bond acceptors (Lipinski definition) is 4. The smallest absolute Gasteiger partial charge is 0.262 e. The van der Waals surface area contributed by atoms with Crippen molar-refractivity contribution in [2.45, 2.75) is 25.9 Å². The lowest BCUT2D eigenvalue weighted by Gasteiger charge is -2.21. The molecule has 1 aliphatic heterocycles. The van der Waals surface area contributed by atoms with Crippen LogP contribution in [0.5, 0.6) is 0 Å². The van der Waals surface area contributed by atoms with Crippen LogP contribution in [-0.4, -0.2) is 22.9 Å². The van der Waals surface area contributed by atoms with E-state index in [2.05, 4.69) is 5.16 Å². The van der Waals surface area contributed by atoms with Crippen molar-refractivity contribution in [1.82, 2.24) is 0 Å². The van der Waals surface area contributed by atoms with Crippen LogP contribution < -0.4 is 0 Å². The Morgan fingerprint density at radius 2 is 1.70 bits per heavy atom. The van der Waals surface area contributed by atoms with E-state index in [1.807, 2.05) is 37.3 Å². The number of carbonyl (C=O) groups is 2. The van der Waals surface area contributed by atoms with E-state index in [0.29, 0.717) is 11.3 Å². The van der Waals surface area contributed by atoms with Gasteiger partial charge in [-0.1, -0.05) is 65.3 Å². The molecule has 0 aliphatic carbocycles. The van der Waals surface area contributed by atoms with Crippen molar-refractivity contribution in [1.29, 1.82) is 0 Å². The Kier molecular flexibility index (Phi) is 3.82. The quantitative estimate of drug-likeness (QED) is 0.643. The molecule has 0 amide bonds. The van der Waals surface area contributed by atoms with Crippen molar-refractivity contribution in [3.8, 4) is 0 Å². The molecule has 1 unspecified atom stereocenters. The monoisotopic (exact) mass is 307 g/mol. The largest absolute Gasteiger partial charge is 0.372 e. The Labute approximate surface area is 134 Å². The summed E-state index contributed by atoms with van der Waals surface area (Å²) in [6, 6.07) is 16.5. The highest BCUT2D eigenvalue weighted by Gasteiger charge is 2.51. The van der Waals surface area contributed by atoms with Crippen LogP contribution in [0.15, 0.2) is 59.8 Å². The van der Waals surface area contributed by atoms with Gasteiger partial charge in [-0.2, -0.15) is 0 Å². The average Bonchev–Trinajstić information content (AvgIpc) is 3.02. The van der Waals surface area contributed by atoms with Crippen LogP contribution in [0.25, 0.3) is 0 Å². The van der Waals surface area contributed by atoms with Gasteiger partial charge in [-0.15, -0.1) is 0 Å². The molecule has 0 aromatic heterocycles. The number of benzene rings is 2. The Morgan fingerprint density at radius 1 is 1.04 bits per heavy atom. The molecule has 0 radical (unpaired) electrons. The van der Waals surface area contributed by atoms with Gasteiger partial charge in [0.1, 0.15) is 0 Å². The van der Waals surface area contributed by atoms with E-state index < -0.39 is 5.60 Å². The molecular weight excluding hydrogens is 290 g/mol. The van der Waals surface area contributed by atoms with E-state index >= 15 is 0 Å². The molecule has 0 N–H and O–H groups in total. The van der Waals surface area contributed by atoms with Crippen molar-refractivity contribution in [2.75, 3.05) is 0 Å². The Hall–Kier alpha value is -2.75. The minimum atomic E-state index is -1.55. The maximum absolute atomic E-state index is 12.8. The highest BCUT2D eigenvalue weighted by atomic mass is 16.7. The van der Waals surface area contributed by atoms with Crippen LogP contribution in [0.4, 0.5) is 0 Å². The molecule has 0 spiro atoms. The maximum atomic E-state index is 12.8. The van der Waals surface area contributed by atoms with E-state index in [1.165, 1.54) is 6.92 Å². The summed E-state index contributed by atoms with van der Waals surface area (Å²) in [6.45, 7) is 3.37. The minimum absolute atomic E-state index is 0.152. The Balaban J connectivity index is 1.92. The summed E-state index contributed by atoms with van der Waals surface area (Å²) in [5.41, 5.74) is 1.50. The fraction of sp³-hybridized carbons (Fsp3) is 0.211. The summed E-state index contributed by atoms with van der Waals surface area (Å²) in [7, 11) is 0. The summed E-state index contributed by atoms with van der Waals surface area (Å²) in [6.07, 6.45) is 0.152. The van der Waals surface area contributed by atoms with Crippen LogP contribution in [0.2, 0.25) is 0 Å². The molecule has 2 aromatic carbocycles. The lowest BCUT2D eigenvalue weighted by atomic mass is 9.84. The molecular formula is C19H17NO3. The highest BCUT2D eigenvalue weighted by molar-refractivity contribution is 6.21. The third-order valence-electron chi connectivity index (χ3n) is 4.08. The minimum Gasteiger partial charge on any atom is -0.372 e. The van der Waals surface area contributed by atoms with Gasteiger partial charge in [-0.05, 0) is 19.4 Å². The second kappa shape index (κ2) is 5.80. The highest BCUT2D eigenvalue weighted by Crippen LogP contribution is 2.31. The molecule has 4 heteroatoms. The lowest BCUT2D eigenvalue weighted by molar-refractivity contribution is -0.133. The Bertz CT molecular complexity index is 778. The van der Waals surface area contributed by atoms with Crippen LogP contribution in [0, 0.1) is 6.92 Å². The van der Waals surface area contributed by atoms with E-state index in [9.17, 15) is 9.59 Å². The van der Waals surface area contributed by atoms with Gasteiger partial charge in [0.05, 0.1) is 12.1 Å². The fourth-order valence-electron chi connectivity index (χ4n) is 2.63. The molecule has 0 fully saturated rings. The van der Waals surface area contributed by atoms with Crippen molar-refractivity contribution >= 4 is 17.3 Å². The van der Waals surface area contributed by atoms with Crippen molar-refractivity contribution < 1.29 is 14.4 Å². The number of nitrogens with zero attached hydrogens (tertiary/aromatic N) is 1. The molecule has 0 saturated carbocycles. The molecule has 3 rings (SSSR count). The van der Waals surface area contributed by atoms with E-state index in [1.54, 1.807) is 24.3 Å². The third kappa shape index (κ3) is 2.68. The first-order valence-corrected chi connectivity index (χ1v) is 7.46. The van der Waals surface area contributed by atoms with Gasteiger partial charge in [-0.25, -0.2) is 0 Å². The second-order valence-corrected chi connectivity index (χ2v) is 5.75. The molecule has 1 aliphatic rings. The van der Waals surface area contributed by atoms with Crippen LogP contribution in [-0.2, 0) is 9.63 Å². The number of carbonyl (C=O) groups excluding carboxylic acids is 2. The zero-order valence-corrected chi connectivity index (χ0v) is 13.1. The zero-order chi connectivity index (χ0) is 16.4. The summed E-state index contributed by atoms with van der Waals surface area (Å²) in [5, 5.41) is 4.03. The first kappa shape index (κ1) is 15.2. The van der Waals surface area contributed by atoms with Gasteiger partial charge in [0.2, 0.25) is 5.78 Å². The first-order valence-electron chi connectivity index (χ1n) is 7.46. The molecule has 0 saturated heterocycles. The third-order valence-corrected chi connectivity index (χ3v) is 4.08. The molecule has 1 atom stereocenters. The fourth-order valence-corrected chi connectivity index (χ4v) is 2.63. The van der Waals surface area contributed by atoms with Crippen LogP contribution in [0.3, 0.4) is 0 Å². The van der Waals surface area contributed by atoms with Crippen molar-refractivity contribution in [3.63, 3.8) is 0 Å². The predicted octanol–water partition coefficient (Wildman–Crippen LogP) is 3.33. The van der Waals surface area contributed by atoms with Gasteiger partial charge in [-0.3, -0.25) is 9.59 Å². The molecule has 2 aromatic rings. The molecule has 0 bridgehead atoms. The zero-order valence-electron chi connectivity index (χ0n) is 13.1. The number of oxime groups is 1. The number of rotatable bonds is 4. The number of hydrogen-bond donors (Lipinski definition) is 0. The standard InChI is InChI=1S/C19H17NO3/c1-13-8-10-15(11-9-13)17-12-19(14(2)21,23-20-17)18(22)16-6-4-3-5-7-16/h3-11H,12H2,1-2H3. The molecule has 116 valence electrons. The normalized spacial score (nSPS) is 19.8. The number of ketones is 2. The Morgan fingerprint density at radius 3 is 2.30 bits per heavy atom. The predicted molar refractivity (Wildman–Crippen MR) is 87.6 cm³/mol. The lowest BCUT2D eigenvalue weighted by Crippen LogP contribution is -2.45. The maximum Gasteiger partial charge on any atom is 0.262 e. The summed E-state index contributed by atoms with van der Waals surface area (Å²) in [5.74, 6) is -0.686. The topological polar surface area (TPSA) is 55.7 Å². The van der Waals surface area contributed by atoms with Gasteiger partial charge >= 0.3 is 0 Å². The van der Waals surface area contributed by atoms with Crippen molar-refractivity contribution in [3.05, 3.63) is 71.3 Å². The molecule has 4 nitrogen and oxygen atoms in total. The first-order chi connectivity index (χ1) is 11.0. The van der Waals surface area contributed by atoms with Crippen LogP contribution >= 0.6 is 0 Å². The summed E-state index contributed by atoms with van der Waals surface area (Å²) >= 11 is 0.